The van der Waals surface area contributed by atoms with Gasteiger partial charge in [-0.15, -0.1) is 0 Å². The molecule has 1 aromatic carbocycles. The molecule has 0 saturated carbocycles. The fourth-order valence-electron chi connectivity index (χ4n) is 2.44. The van der Waals surface area contributed by atoms with Crippen LogP contribution in [-0.4, -0.2) is 24.9 Å². The first kappa shape index (κ1) is 14.1. The molecule has 0 aromatic heterocycles. The lowest BCUT2D eigenvalue weighted by molar-refractivity contribution is -0.0781. The average molecular weight is 290 g/mol. The van der Waals surface area contributed by atoms with Crippen molar-refractivity contribution in [3.63, 3.8) is 0 Å². The highest BCUT2D eigenvalue weighted by Gasteiger charge is 2.41. The quantitative estimate of drug-likeness (QED) is 0.900. The minimum atomic E-state index is -0.802. The molecule has 0 radical (unpaired) electrons. The summed E-state index contributed by atoms with van der Waals surface area (Å²) in [4.78, 5) is 0. The molecule has 18 heavy (non-hydrogen) atoms. The molecule has 1 aliphatic heterocycles. The van der Waals surface area contributed by atoms with Gasteiger partial charge >= 0.3 is 0 Å². The molecule has 3 N–H and O–H groups in total. The molecule has 2 rings (SSSR count). The maximum atomic E-state index is 10.6. The van der Waals surface area contributed by atoms with Crippen LogP contribution in [-0.2, 0) is 4.74 Å². The number of halogens is 2. The van der Waals surface area contributed by atoms with Gasteiger partial charge in [0.15, 0.2) is 0 Å². The van der Waals surface area contributed by atoms with E-state index in [1.165, 1.54) is 0 Å². The van der Waals surface area contributed by atoms with E-state index in [9.17, 15) is 5.11 Å². The molecule has 2 atom stereocenters. The summed E-state index contributed by atoms with van der Waals surface area (Å²) in [5.74, 6) is 0. The summed E-state index contributed by atoms with van der Waals surface area (Å²) in [6.07, 6.45) is 0.895. The molecule has 0 bridgehead atoms. The highest BCUT2D eigenvalue weighted by atomic mass is 35.5. The molecule has 1 aromatic rings. The van der Waals surface area contributed by atoms with Crippen molar-refractivity contribution in [2.45, 2.75) is 18.9 Å². The Labute approximate surface area is 117 Å². The van der Waals surface area contributed by atoms with Gasteiger partial charge in [0.2, 0.25) is 0 Å². The van der Waals surface area contributed by atoms with E-state index in [0.717, 1.165) is 12.8 Å². The number of hydrogen-bond donors (Lipinski definition) is 2. The third-order valence-electron chi connectivity index (χ3n) is 3.61. The average Bonchev–Trinajstić information content (AvgIpc) is 2.39. The number of aliphatic hydroxyl groups is 1. The first-order valence-electron chi connectivity index (χ1n) is 6.00. The first-order valence-corrected chi connectivity index (χ1v) is 6.76. The SMILES string of the molecule is NCC1(C(O)c2c(Cl)cccc2Cl)CCCOC1. The van der Waals surface area contributed by atoms with Crippen LogP contribution in [0.4, 0.5) is 0 Å². The van der Waals surface area contributed by atoms with E-state index >= 15 is 0 Å². The van der Waals surface area contributed by atoms with E-state index < -0.39 is 11.5 Å². The van der Waals surface area contributed by atoms with Gasteiger partial charge in [0.25, 0.3) is 0 Å². The highest BCUT2D eigenvalue weighted by Crippen LogP contribution is 2.44. The number of ether oxygens (including phenoxy) is 1. The standard InChI is InChI=1S/C13H17Cl2NO2/c14-9-3-1-4-10(15)11(9)12(17)13(7-16)5-2-6-18-8-13/h1,3-4,12,17H,2,5-8,16H2. The summed E-state index contributed by atoms with van der Waals surface area (Å²) in [5, 5.41) is 11.6. The second-order valence-corrected chi connectivity index (χ2v) is 5.57. The lowest BCUT2D eigenvalue weighted by Gasteiger charge is -2.40. The molecule has 0 aliphatic carbocycles. The topological polar surface area (TPSA) is 55.5 Å². The fraction of sp³-hybridized carbons (Fsp3) is 0.538. The van der Waals surface area contributed by atoms with E-state index in [1.807, 2.05) is 0 Å². The maximum Gasteiger partial charge on any atom is 0.0909 e. The smallest absolute Gasteiger partial charge is 0.0909 e. The predicted octanol–water partition coefficient (Wildman–Crippen LogP) is 2.78. The zero-order valence-electron chi connectivity index (χ0n) is 10.0. The Hall–Kier alpha value is -0.320. The van der Waals surface area contributed by atoms with Crippen molar-refractivity contribution in [3.8, 4) is 0 Å². The van der Waals surface area contributed by atoms with Crippen LogP contribution in [0.3, 0.4) is 0 Å². The maximum absolute atomic E-state index is 10.6. The number of benzene rings is 1. The van der Waals surface area contributed by atoms with E-state index in [2.05, 4.69) is 0 Å². The molecule has 100 valence electrons. The Bertz CT molecular complexity index is 399. The lowest BCUT2D eigenvalue weighted by Crippen LogP contribution is -2.43. The van der Waals surface area contributed by atoms with Crippen LogP contribution in [0.5, 0.6) is 0 Å². The van der Waals surface area contributed by atoms with Crippen LogP contribution < -0.4 is 5.73 Å². The summed E-state index contributed by atoms with van der Waals surface area (Å²) in [5.41, 5.74) is 5.91. The van der Waals surface area contributed by atoms with Crippen LogP contribution in [0.1, 0.15) is 24.5 Å². The molecule has 1 heterocycles. The van der Waals surface area contributed by atoms with E-state index in [0.29, 0.717) is 35.4 Å². The van der Waals surface area contributed by atoms with Crippen LogP contribution >= 0.6 is 23.2 Å². The van der Waals surface area contributed by atoms with E-state index in [-0.39, 0.29) is 0 Å². The van der Waals surface area contributed by atoms with Gasteiger partial charge < -0.3 is 15.6 Å². The molecule has 3 nitrogen and oxygen atoms in total. The van der Waals surface area contributed by atoms with Gasteiger partial charge in [-0.05, 0) is 25.0 Å². The molecule has 2 unspecified atom stereocenters. The van der Waals surface area contributed by atoms with Crippen molar-refractivity contribution < 1.29 is 9.84 Å². The third kappa shape index (κ3) is 2.51. The predicted molar refractivity (Wildman–Crippen MR) is 73.0 cm³/mol. The number of hydrogen-bond acceptors (Lipinski definition) is 3. The summed E-state index contributed by atoms with van der Waals surface area (Å²) in [6.45, 7) is 1.49. The number of rotatable bonds is 3. The Morgan fingerprint density at radius 3 is 2.56 bits per heavy atom. The molecule has 5 heteroatoms. The molecular weight excluding hydrogens is 273 g/mol. The Morgan fingerprint density at radius 2 is 2.06 bits per heavy atom. The molecule has 0 amide bonds. The molecule has 0 spiro atoms. The van der Waals surface area contributed by atoms with Crippen LogP contribution in [0, 0.1) is 5.41 Å². The summed E-state index contributed by atoms with van der Waals surface area (Å²) in [7, 11) is 0. The summed E-state index contributed by atoms with van der Waals surface area (Å²) < 4.78 is 5.47. The van der Waals surface area contributed by atoms with Crippen LogP contribution in [0.2, 0.25) is 10.0 Å². The van der Waals surface area contributed by atoms with E-state index in [4.69, 9.17) is 33.7 Å². The summed E-state index contributed by atoms with van der Waals surface area (Å²) >= 11 is 12.3. The number of nitrogens with two attached hydrogens (primary N) is 1. The fourth-order valence-corrected chi connectivity index (χ4v) is 3.04. The normalized spacial score (nSPS) is 26.0. The highest BCUT2D eigenvalue weighted by molar-refractivity contribution is 6.36. The minimum absolute atomic E-state index is 0.343. The van der Waals surface area contributed by atoms with Crippen molar-refractivity contribution in [1.29, 1.82) is 0 Å². The largest absolute Gasteiger partial charge is 0.388 e. The third-order valence-corrected chi connectivity index (χ3v) is 4.27. The van der Waals surface area contributed by atoms with Crippen molar-refractivity contribution in [1.82, 2.24) is 0 Å². The second-order valence-electron chi connectivity index (χ2n) is 4.76. The minimum Gasteiger partial charge on any atom is -0.388 e. The second kappa shape index (κ2) is 5.76. The van der Waals surface area contributed by atoms with Crippen molar-refractivity contribution in [3.05, 3.63) is 33.8 Å². The zero-order valence-corrected chi connectivity index (χ0v) is 11.5. The summed E-state index contributed by atoms with van der Waals surface area (Å²) in [6, 6.07) is 5.20. The van der Waals surface area contributed by atoms with Crippen molar-refractivity contribution >= 4 is 23.2 Å². The molecule has 1 saturated heterocycles. The number of aliphatic hydroxyl groups excluding tert-OH is 1. The van der Waals surface area contributed by atoms with Gasteiger partial charge in [-0.25, -0.2) is 0 Å². The van der Waals surface area contributed by atoms with Crippen LogP contribution in [0.25, 0.3) is 0 Å². The molecule has 1 aliphatic rings. The van der Waals surface area contributed by atoms with Gasteiger partial charge in [0.05, 0.1) is 12.7 Å². The van der Waals surface area contributed by atoms with Crippen molar-refractivity contribution in [2.24, 2.45) is 11.1 Å². The first-order chi connectivity index (χ1) is 8.60. The Morgan fingerprint density at radius 1 is 1.39 bits per heavy atom. The van der Waals surface area contributed by atoms with Gasteiger partial charge in [-0.1, -0.05) is 29.3 Å². The van der Waals surface area contributed by atoms with Gasteiger partial charge in [-0.3, -0.25) is 0 Å². The van der Waals surface area contributed by atoms with Crippen molar-refractivity contribution in [2.75, 3.05) is 19.8 Å². The molecular formula is C13H17Cl2NO2. The van der Waals surface area contributed by atoms with Gasteiger partial charge in [0, 0.05) is 34.2 Å². The monoisotopic (exact) mass is 289 g/mol. The Kier molecular flexibility index (Phi) is 4.51. The van der Waals surface area contributed by atoms with Gasteiger partial charge in [-0.2, -0.15) is 0 Å². The van der Waals surface area contributed by atoms with Crippen LogP contribution in [0.15, 0.2) is 18.2 Å². The van der Waals surface area contributed by atoms with E-state index in [1.54, 1.807) is 18.2 Å². The van der Waals surface area contributed by atoms with Gasteiger partial charge in [0.1, 0.15) is 0 Å². The zero-order chi connectivity index (χ0) is 13.2. The lowest BCUT2D eigenvalue weighted by atomic mass is 9.75. The Balaban J connectivity index is 2.36. The molecule has 1 fully saturated rings.